The summed E-state index contributed by atoms with van der Waals surface area (Å²) in [6, 6.07) is 8.28. The lowest BCUT2D eigenvalue weighted by atomic mass is 10.2. The van der Waals surface area contributed by atoms with Gasteiger partial charge >= 0.3 is 0 Å². The van der Waals surface area contributed by atoms with Crippen LogP contribution >= 0.6 is 0 Å². The molecule has 1 aromatic carbocycles. The minimum Gasteiger partial charge on any atom is -0.313 e. The zero-order valence-electron chi connectivity index (χ0n) is 8.94. The highest BCUT2D eigenvalue weighted by atomic mass is 15.3. The second kappa shape index (κ2) is 4.23. The van der Waals surface area contributed by atoms with Crippen LogP contribution in [0.25, 0.3) is 5.69 Å². The molecule has 0 bridgehead atoms. The van der Waals surface area contributed by atoms with Crippen LogP contribution in [0.1, 0.15) is 11.4 Å². The van der Waals surface area contributed by atoms with Gasteiger partial charge in [0.25, 0.3) is 0 Å². The molecule has 0 saturated carbocycles. The second-order valence-corrected chi connectivity index (χ2v) is 3.49. The van der Waals surface area contributed by atoms with E-state index in [-0.39, 0.29) is 0 Å². The third-order valence-corrected chi connectivity index (χ3v) is 2.23. The number of nitrogens with zero attached hydrogens (tertiary/aromatic N) is 3. The van der Waals surface area contributed by atoms with Crippen molar-refractivity contribution in [2.75, 3.05) is 7.05 Å². The molecule has 1 heterocycles. The Morgan fingerprint density at radius 3 is 3.00 bits per heavy atom. The van der Waals surface area contributed by atoms with Gasteiger partial charge in [0.2, 0.25) is 0 Å². The molecule has 0 aliphatic carbocycles. The number of hydrogen-bond acceptors (Lipinski definition) is 3. The fourth-order valence-corrected chi connectivity index (χ4v) is 1.53. The fourth-order valence-electron chi connectivity index (χ4n) is 1.53. The number of rotatable bonds is 3. The molecule has 0 spiro atoms. The topological polar surface area (TPSA) is 42.7 Å². The molecule has 0 aliphatic rings. The van der Waals surface area contributed by atoms with E-state index in [9.17, 15) is 0 Å². The third-order valence-electron chi connectivity index (χ3n) is 2.23. The molecule has 2 rings (SSSR count). The van der Waals surface area contributed by atoms with Crippen molar-refractivity contribution in [2.24, 2.45) is 0 Å². The van der Waals surface area contributed by atoms with Gasteiger partial charge in [0, 0.05) is 5.69 Å². The van der Waals surface area contributed by atoms with Crippen molar-refractivity contribution in [3.05, 3.63) is 42.0 Å². The molecule has 0 saturated heterocycles. The Bertz CT molecular complexity index is 447. The minimum atomic E-state index is 0.716. The molecule has 1 N–H and O–H groups in total. The van der Waals surface area contributed by atoms with Crippen LogP contribution in [0.3, 0.4) is 0 Å². The second-order valence-electron chi connectivity index (χ2n) is 3.49. The van der Waals surface area contributed by atoms with E-state index in [1.165, 1.54) is 5.56 Å². The lowest BCUT2D eigenvalue weighted by Gasteiger charge is -2.06. The Balaban J connectivity index is 2.40. The first-order valence-corrected chi connectivity index (χ1v) is 4.92. The molecule has 4 nitrogen and oxygen atoms in total. The number of benzene rings is 1. The maximum Gasteiger partial charge on any atom is 0.151 e. The molecule has 15 heavy (non-hydrogen) atoms. The zero-order chi connectivity index (χ0) is 10.7. The Morgan fingerprint density at radius 2 is 2.27 bits per heavy atom. The lowest BCUT2D eigenvalue weighted by Crippen LogP contribution is -2.11. The van der Waals surface area contributed by atoms with Gasteiger partial charge in [-0.15, -0.1) is 10.2 Å². The molecular weight excluding hydrogens is 188 g/mol. The maximum atomic E-state index is 4.06. The first-order chi connectivity index (χ1) is 7.31. The van der Waals surface area contributed by atoms with Gasteiger partial charge in [-0.3, -0.25) is 4.57 Å². The van der Waals surface area contributed by atoms with Crippen LogP contribution < -0.4 is 5.32 Å². The maximum absolute atomic E-state index is 4.06. The summed E-state index contributed by atoms with van der Waals surface area (Å²) < 4.78 is 1.99. The Hall–Kier alpha value is -1.68. The number of aromatic nitrogens is 3. The van der Waals surface area contributed by atoms with Gasteiger partial charge in [-0.2, -0.15) is 0 Å². The summed E-state index contributed by atoms with van der Waals surface area (Å²) in [6.07, 6.45) is 1.74. The molecule has 0 atom stereocenters. The van der Waals surface area contributed by atoms with Crippen LogP contribution in [-0.4, -0.2) is 21.8 Å². The van der Waals surface area contributed by atoms with Crippen molar-refractivity contribution in [2.45, 2.75) is 13.5 Å². The van der Waals surface area contributed by atoms with Crippen molar-refractivity contribution in [1.82, 2.24) is 20.1 Å². The Labute approximate surface area is 89.0 Å². The van der Waals surface area contributed by atoms with Crippen LogP contribution in [0.4, 0.5) is 0 Å². The van der Waals surface area contributed by atoms with Gasteiger partial charge in [0.15, 0.2) is 5.82 Å². The lowest BCUT2D eigenvalue weighted by molar-refractivity contribution is 0.737. The van der Waals surface area contributed by atoms with E-state index in [1.54, 1.807) is 6.33 Å². The fraction of sp³-hybridized carbons (Fsp3) is 0.273. The standard InChI is InChI=1S/C11H14N4/c1-9-4-3-5-10(6-9)15-8-13-14-11(15)7-12-2/h3-6,8,12H,7H2,1-2H3. The summed E-state index contributed by atoms with van der Waals surface area (Å²) >= 11 is 0. The van der Waals surface area contributed by atoms with Crippen LogP contribution in [0, 0.1) is 6.92 Å². The van der Waals surface area contributed by atoms with Crippen molar-refractivity contribution >= 4 is 0 Å². The highest BCUT2D eigenvalue weighted by molar-refractivity contribution is 5.35. The van der Waals surface area contributed by atoms with Gasteiger partial charge in [-0.1, -0.05) is 12.1 Å². The van der Waals surface area contributed by atoms with Crippen molar-refractivity contribution < 1.29 is 0 Å². The van der Waals surface area contributed by atoms with Gasteiger partial charge < -0.3 is 5.32 Å². The number of aryl methyl sites for hydroxylation is 1. The smallest absolute Gasteiger partial charge is 0.151 e. The van der Waals surface area contributed by atoms with E-state index in [0.29, 0.717) is 6.54 Å². The third kappa shape index (κ3) is 2.05. The van der Waals surface area contributed by atoms with Gasteiger partial charge in [-0.25, -0.2) is 0 Å². The molecule has 1 aromatic heterocycles. The Morgan fingerprint density at radius 1 is 1.40 bits per heavy atom. The highest BCUT2D eigenvalue weighted by Crippen LogP contribution is 2.11. The summed E-state index contributed by atoms with van der Waals surface area (Å²) in [4.78, 5) is 0. The largest absolute Gasteiger partial charge is 0.313 e. The van der Waals surface area contributed by atoms with E-state index >= 15 is 0 Å². The van der Waals surface area contributed by atoms with E-state index in [2.05, 4.69) is 40.6 Å². The number of nitrogens with one attached hydrogen (secondary N) is 1. The summed E-state index contributed by atoms with van der Waals surface area (Å²) in [5.74, 6) is 0.920. The summed E-state index contributed by atoms with van der Waals surface area (Å²) in [5, 5.41) is 11.1. The Kier molecular flexibility index (Phi) is 2.78. The van der Waals surface area contributed by atoms with Crippen LogP contribution in [-0.2, 0) is 6.54 Å². The predicted molar refractivity (Wildman–Crippen MR) is 58.9 cm³/mol. The van der Waals surface area contributed by atoms with Crippen molar-refractivity contribution in [3.8, 4) is 5.69 Å². The van der Waals surface area contributed by atoms with Crippen LogP contribution in [0.15, 0.2) is 30.6 Å². The summed E-state index contributed by atoms with van der Waals surface area (Å²) in [5.41, 5.74) is 2.34. The molecule has 2 aromatic rings. The average molecular weight is 202 g/mol. The predicted octanol–water partition coefficient (Wildman–Crippen LogP) is 1.30. The van der Waals surface area contributed by atoms with Crippen LogP contribution in [0.5, 0.6) is 0 Å². The number of hydrogen-bond donors (Lipinski definition) is 1. The molecule has 78 valence electrons. The van der Waals surface area contributed by atoms with Gasteiger partial charge in [0.05, 0.1) is 6.54 Å². The minimum absolute atomic E-state index is 0.716. The molecule has 0 amide bonds. The van der Waals surface area contributed by atoms with Gasteiger partial charge in [-0.05, 0) is 31.7 Å². The first kappa shape index (κ1) is 9.86. The molecule has 0 radical (unpaired) electrons. The average Bonchev–Trinajstić information content (AvgIpc) is 2.66. The van der Waals surface area contributed by atoms with E-state index in [4.69, 9.17) is 0 Å². The van der Waals surface area contributed by atoms with Crippen molar-refractivity contribution in [1.29, 1.82) is 0 Å². The quantitative estimate of drug-likeness (QED) is 0.815. The summed E-state index contributed by atoms with van der Waals surface area (Å²) in [6.45, 7) is 2.79. The highest BCUT2D eigenvalue weighted by Gasteiger charge is 2.04. The molecule has 0 unspecified atom stereocenters. The van der Waals surface area contributed by atoms with E-state index in [0.717, 1.165) is 11.5 Å². The molecule has 4 heteroatoms. The molecular formula is C11H14N4. The van der Waals surface area contributed by atoms with Crippen LogP contribution in [0.2, 0.25) is 0 Å². The first-order valence-electron chi connectivity index (χ1n) is 4.92. The van der Waals surface area contributed by atoms with Gasteiger partial charge in [0.1, 0.15) is 6.33 Å². The molecule has 0 fully saturated rings. The monoisotopic (exact) mass is 202 g/mol. The molecule has 0 aliphatic heterocycles. The van der Waals surface area contributed by atoms with E-state index < -0.39 is 0 Å². The normalized spacial score (nSPS) is 10.5. The SMILES string of the molecule is CNCc1nncn1-c1cccc(C)c1. The summed E-state index contributed by atoms with van der Waals surface area (Å²) in [7, 11) is 1.90. The van der Waals surface area contributed by atoms with E-state index in [1.807, 2.05) is 17.7 Å². The zero-order valence-corrected chi connectivity index (χ0v) is 8.94. The van der Waals surface area contributed by atoms with Crippen molar-refractivity contribution in [3.63, 3.8) is 0 Å².